The molecule has 1 saturated heterocycles. The predicted octanol–water partition coefficient (Wildman–Crippen LogP) is 5.72. The molecule has 1 unspecified atom stereocenters. The molecule has 0 bridgehead atoms. The van der Waals surface area contributed by atoms with Crippen LogP contribution in [0.2, 0.25) is 0 Å². The first-order chi connectivity index (χ1) is 21.2. The lowest BCUT2D eigenvalue weighted by Crippen LogP contribution is -2.61. The summed E-state index contributed by atoms with van der Waals surface area (Å²) in [5.74, 6) is 0. The Morgan fingerprint density at radius 3 is 1.40 bits per heavy atom. The molecule has 1 aliphatic rings. The van der Waals surface area contributed by atoms with E-state index in [4.69, 9.17) is 28.2 Å². The Kier molecular flexibility index (Phi) is 12.0. The van der Waals surface area contributed by atoms with Gasteiger partial charge in [-0.1, -0.05) is 121 Å². The van der Waals surface area contributed by atoms with Gasteiger partial charge in [-0.25, -0.2) is 0 Å². The van der Waals surface area contributed by atoms with Gasteiger partial charge >= 0.3 is 8.25 Å². The van der Waals surface area contributed by atoms with E-state index in [9.17, 15) is 9.46 Å². The molecule has 0 spiro atoms. The quantitative estimate of drug-likeness (QED) is 0.160. The van der Waals surface area contributed by atoms with Crippen molar-refractivity contribution in [2.45, 2.75) is 57.1 Å². The Bertz CT molecular complexity index is 1360. The molecule has 0 aromatic heterocycles. The first-order valence-electron chi connectivity index (χ1n) is 14.2. The summed E-state index contributed by atoms with van der Waals surface area (Å²) >= 11 is 0. The minimum absolute atomic E-state index is 0.112. The molecule has 1 aliphatic heterocycles. The van der Waals surface area contributed by atoms with Crippen molar-refractivity contribution in [1.82, 2.24) is 0 Å². The molecule has 224 valence electrons. The maximum Gasteiger partial charge on any atom is 0.491 e. The van der Waals surface area contributed by atoms with Crippen molar-refractivity contribution in [2.24, 2.45) is 0 Å². The van der Waals surface area contributed by atoms with Crippen molar-refractivity contribution in [1.29, 1.82) is 0 Å². The zero-order valence-electron chi connectivity index (χ0n) is 23.7. The fourth-order valence-corrected chi connectivity index (χ4v) is 5.26. The van der Waals surface area contributed by atoms with E-state index in [0.717, 1.165) is 22.3 Å². The lowest BCUT2D eigenvalue weighted by molar-refractivity contribution is -0.318. The molecule has 8 nitrogen and oxygen atoms in total. The first kappa shape index (κ1) is 31.1. The zero-order valence-corrected chi connectivity index (χ0v) is 24.6. The van der Waals surface area contributed by atoms with Crippen LogP contribution in [-0.2, 0) is 59.2 Å². The van der Waals surface area contributed by atoms with Gasteiger partial charge in [-0.2, -0.15) is 0 Å². The minimum Gasteiger partial charge on any atom is -0.566 e. The highest BCUT2D eigenvalue weighted by Gasteiger charge is 2.51. The van der Waals surface area contributed by atoms with Gasteiger partial charge in [0.05, 0.1) is 33.0 Å². The molecule has 43 heavy (non-hydrogen) atoms. The van der Waals surface area contributed by atoms with Gasteiger partial charge in [0.25, 0.3) is 0 Å². The number of rotatable bonds is 15. The number of hydrogen-bond acceptors (Lipinski definition) is 8. The summed E-state index contributed by atoms with van der Waals surface area (Å²) in [5, 5.41) is 0. The molecule has 0 saturated carbocycles. The number of hydrogen-bond donors (Lipinski definition) is 0. The first-order valence-corrected chi connectivity index (χ1v) is 15.3. The van der Waals surface area contributed by atoms with Gasteiger partial charge in [0.15, 0.2) is 0 Å². The Morgan fingerprint density at radius 2 is 0.953 bits per heavy atom. The fourth-order valence-electron chi connectivity index (χ4n) is 4.92. The standard InChI is InChI=1S/C34H35O8P/c35-43(36)42-34-33(40-24-29-19-11-4-12-20-29)32(39-23-28-17-9-3-10-18-28)31(38-22-27-15-7-2-8-16-27)30(41-34)25-37-21-26-13-5-1-6-14-26/h1-20,30-34H,21-25H2/t30-,31-,32+,33-,34-/m1/s1. The molecule has 4 aromatic rings. The monoisotopic (exact) mass is 602 g/mol. The van der Waals surface area contributed by atoms with Crippen LogP contribution in [0.15, 0.2) is 121 Å². The van der Waals surface area contributed by atoms with Gasteiger partial charge in [-0.3, -0.25) is 0 Å². The fraction of sp³-hybridized carbons (Fsp3) is 0.294. The van der Waals surface area contributed by atoms with Crippen molar-refractivity contribution < 1.29 is 37.7 Å². The average Bonchev–Trinajstić information content (AvgIpc) is 3.04. The molecule has 5 rings (SSSR count). The maximum absolute atomic E-state index is 11.8. The smallest absolute Gasteiger partial charge is 0.491 e. The number of benzene rings is 4. The van der Waals surface area contributed by atoms with Crippen molar-refractivity contribution in [3.8, 4) is 0 Å². The molecule has 1 fully saturated rings. The second-order valence-electron chi connectivity index (χ2n) is 10.2. The zero-order chi connectivity index (χ0) is 29.7. The molecular weight excluding hydrogens is 567 g/mol. The van der Waals surface area contributed by atoms with E-state index < -0.39 is 39.0 Å². The Hall–Kier alpha value is -3.30. The van der Waals surface area contributed by atoms with E-state index in [-0.39, 0.29) is 26.4 Å². The molecule has 4 aromatic carbocycles. The highest BCUT2D eigenvalue weighted by atomic mass is 31.1. The Morgan fingerprint density at radius 1 is 0.558 bits per heavy atom. The van der Waals surface area contributed by atoms with Crippen LogP contribution in [0.3, 0.4) is 0 Å². The summed E-state index contributed by atoms with van der Waals surface area (Å²) in [5.41, 5.74) is 3.82. The predicted molar refractivity (Wildman–Crippen MR) is 159 cm³/mol. The highest BCUT2D eigenvalue weighted by molar-refractivity contribution is 7.30. The van der Waals surface area contributed by atoms with Crippen LogP contribution in [0, 0.1) is 0 Å². The second-order valence-corrected chi connectivity index (χ2v) is 10.8. The maximum atomic E-state index is 11.8. The Labute approximate surface area is 253 Å². The van der Waals surface area contributed by atoms with E-state index in [1.807, 2.05) is 121 Å². The SMILES string of the molecule is O=[P+]([O-])O[C@H]1O[C@H](COCc2ccccc2)[C@@H](OCc2ccccc2)[C@H](OCc2ccccc2)[C@H]1OCc1ccccc1. The summed E-state index contributed by atoms with van der Waals surface area (Å²) in [6, 6.07) is 38.9. The molecular formula is C34H35O8P. The molecule has 0 N–H and O–H groups in total. The second kappa shape index (κ2) is 16.5. The summed E-state index contributed by atoms with van der Waals surface area (Å²) < 4.78 is 48.8. The summed E-state index contributed by atoms with van der Waals surface area (Å²) in [4.78, 5) is 11.8. The highest BCUT2D eigenvalue weighted by Crippen LogP contribution is 2.34. The summed E-state index contributed by atoms with van der Waals surface area (Å²) in [6.45, 7) is 1.17. The third-order valence-electron chi connectivity index (χ3n) is 7.03. The van der Waals surface area contributed by atoms with Gasteiger partial charge in [-0.05, 0) is 26.8 Å². The van der Waals surface area contributed by atoms with Crippen LogP contribution in [0.1, 0.15) is 22.3 Å². The van der Waals surface area contributed by atoms with E-state index in [0.29, 0.717) is 6.61 Å². The van der Waals surface area contributed by atoms with Crippen molar-refractivity contribution in [2.75, 3.05) is 6.61 Å². The van der Waals surface area contributed by atoms with Crippen molar-refractivity contribution in [3.05, 3.63) is 144 Å². The topological polar surface area (TPSA) is 95.5 Å². The third-order valence-corrected chi connectivity index (χ3v) is 7.41. The van der Waals surface area contributed by atoms with Crippen LogP contribution in [-0.4, -0.2) is 37.3 Å². The molecule has 9 heteroatoms. The molecule has 1 heterocycles. The van der Waals surface area contributed by atoms with Gasteiger partial charge in [-0.15, -0.1) is 4.52 Å². The lowest BCUT2D eigenvalue weighted by atomic mass is 9.98. The molecule has 0 amide bonds. The summed E-state index contributed by atoms with van der Waals surface area (Å²) in [6.07, 6.45) is -4.35. The van der Waals surface area contributed by atoms with Crippen LogP contribution in [0.4, 0.5) is 0 Å². The van der Waals surface area contributed by atoms with Gasteiger partial charge in [0.1, 0.15) is 24.4 Å². The van der Waals surface area contributed by atoms with Crippen LogP contribution < -0.4 is 4.89 Å². The van der Waals surface area contributed by atoms with Crippen LogP contribution in [0.25, 0.3) is 0 Å². The average molecular weight is 603 g/mol. The van der Waals surface area contributed by atoms with Crippen LogP contribution in [0.5, 0.6) is 0 Å². The van der Waals surface area contributed by atoms with Gasteiger partial charge in [0.2, 0.25) is 6.29 Å². The molecule has 0 radical (unpaired) electrons. The van der Waals surface area contributed by atoms with Crippen LogP contribution >= 0.6 is 8.25 Å². The van der Waals surface area contributed by atoms with E-state index in [2.05, 4.69) is 0 Å². The van der Waals surface area contributed by atoms with E-state index in [1.54, 1.807) is 0 Å². The third kappa shape index (κ3) is 9.60. The van der Waals surface area contributed by atoms with Crippen molar-refractivity contribution >= 4 is 8.25 Å². The largest absolute Gasteiger partial charge is 0.566 e. The lowest BCUT2D eigenvalue weighted by Gasteiger charge is -2.44. The van der Waals surface area contributed by atoms with Gasteiger partial charge < -0.3 is 28.6 Å². The van der Waals surface area contributed by atoms with Crippen molar-refractivity contribution in [3.63, 3.8) is 0 Å². The van der Waals surface area contributed by atoms with E-state index >= 15 is 0 Å². The Balaban J connectivity index is 1.42. The number of ether oxygens (including phenoxy) is 5. The normalized spacial score (nSPS) is 22.3. The minimum atomic E-state index is -3.26. The molecule has 0 aliphatic carbocycles. The summed E-state index contributed by atoms with van der Waals surface area (Å²) in [7, 11) is -3.26. The van der Waals surface area contributed by atoms with Gasteiger partial charge in [0, 0.05) is 0 Å². The van der Waals surface area contributed by atoms with E-state index in [1.165, 1.54) is 0 Å². The molecule has 6 atom stereocenters.